The summed E-state index contributed by atoms with van der Waals surface area (Å²) in [5.74, 6) is 0.532. The molecule has 3 aromatic rings. The number of hydrogen-bond donors (Lipinski definition) is 0. The SMILES string of the molecule is Cn1cc(-c2cncc(S(=O)(=O)CCOCC3CC3)c2)c2ccccc2c1=O. The van der Waals surface area contributed by atoms with Crippen molar-refractivity contribution in [1.82, 2.24) is 9.55 Å². The number of ether oxygens (including phenoxy) is 1. The Morgan fingerprint density at radius 1 is 1.18 bits per heavy atom. The highest BCUT2D eigenvalue weighted by molar-refractivity contribution is 7.91. The average Bonchev–Trinajstić information content (AvgIpc) is 3.53. The summed E-state index contributed by atoms with van der Waals surface area (Å²) < 4.78 is 32.4. The minimum atomic E-state index is -3.50. The first-order valence-corrected chi connectivity index (χ1v) is 11.0. The van der Waals surface area contributed by atoms with Crippen LogP contribution in [0.2, 0.25) is 0 Å². The standard InChI is InChI=1S/C21H22N2O4S/c1-23-13-20(18-4-2-3-5-19(18)21(23)24)16-10-17(12-22-11-16)28(25,26)9-8-27-14-15-6-7-15/h2-5,10-13,15H,6-9,14H2,1H3. The zero-order chi connectivity index (χ0) is 19.7. The van der Waals surface area contributed by atoms with Crippen LogP contribution in [0, 0.1) is 5.92 Å². The molecular weight excluding hydrogens is 376 g/mol. The maximum Gasteiger partial charge on any atom is 0.258 e. The number of sulfone groups is 1. The second-order valence-corrected chi connectivity index (χ2v) is 9.36. The van der Waals surface area contributed by atoms with Gasteiger partial charge < -0.3 is 9.30 Å². The van der Waals surface area contributed by atoms with Gasteiger partial charge in [-0.15, -0.1) is 0 Å². The Morgan fingerprint density at radius 3 is 2.68 bits per heavy atom. The molecule has 0 unspecified atom stereocenters. The Kier molecular flexibility index (Phi) is 5.03. The van der Waals surface area contributed by atoms with Gasteiger partial charge in [0, 0.05) is 48.8 Å². The molecule has 1 saturated carbocycles. The van der Waals surface area contributed by atoms with Crippen LogP contribution in [0.4, 0.5) is 0 Å². The first-order chi connectivity index (χ1) is 13.5. The van der Waals surface area contributed by atoms with Gasteiger partial charge in [0.1, 0.15) is 0 Å². The molecule has 0 aliphatic heterocycles. The summed E-state index contributed by atoms with van der Waals surface area (Å²) in [6.07, 6.45) is 7.05. The van der Waals surface area contributed by atoms with E-state index >= 15 is 0 Å². The van der Waals surface area contributed by atoms with E-state index in [1.54, 1.807) is 31.6 Å². The van der Waals surface area contributed by atoms with Gasteiger partial charge in [-0.1, -0.05) is 18.2 Å². The van der Waals surface area contributed by atoms with Crippen LogP contribution in [0.5, 0.6) is 0 Å². The van der Waals surface area contributed by atoms with Crippen LogP contribution in [0.1, 0.15) is 12.8 Å². The van der Waals surface area contributed by atoms with Gasteiger partial charge in [0.25, 0.3) is 5.56 Å². The molecule has 0 amide bonds. The van der Waals surface area contributed by atoms with Crippen molar-refractivity contribution in [2.75, 3.05) is 19.0 Å². The molecule has 7 heteroatoms. The lowest BCUT2D eigenvalue weighted by atomic mass is 10.0. The Labute approximate surface area is 163 Å². The lowest BCUT2D eigenvalue weighted by molar-refractivity contribution is 0.138. The second-order valence-electron chi connectivity index (χ2n) is 7.25. The molecule has 1 aromatic carbocycles. The number of aromatic nitrogens is 2. The third kappa shape index (κ3) is 3.86. The fourth-order valence-corrected chi connectivity index (χ4v) is 4.30. The van der Waals surface area contributed by atoms with E-state index in [0.717, 1.165) is 10.9 Å². The van der Waals surface area contributed by atoms with Gasteiger partial charge >= 0.3 is 0 Å². The zero-order valence-electron chi connectivity index (χ0n) is 15.7. The van der Waals surface area contributed by atoms with E-state index in [9.17, 15) is 13.2 Å². The van der Waals surface area contributed by atoms with Crippen LogP contribution in [0.3, 0.4) is 0 Å². The third-order valence-electron chi connectivity index (χ3n) is 5.02. The minimum absolute atomic E-state index is 0.0706. The molecule has 4 rings (SSSR count). The fraction of sp³-hybridized carbons (Fsp3) is 0.333. The van der Waals surface area contributed by atoms with Crippen LogP contribution >= 0.6 is 0 Å². The number of fused-ring (bicyclic) bond motifs is 1. The summed E-state index contributed by atoms with van der Waals surface area (Å²) in [5, 5.41) is 1.36. The molecule has 0 atom stereocenters. The first-order valence-electron chi connectivity index (χ1n) is 9.30. The topological polar surface area (TPSA) is 78.3 Å². The minimum Gasteiger partial charge on any atom is -0.380 e. The van der Waals surface area contributed by atoms with Crippen molar-refractivity contribution in [2.24, 2.45) is 13.0 Å². The number of aryl methyl sites for hydroxylation is 1. The van der Waals surface area contributed by atoms with Gasteiger partial charge in [-0.05, 0) is 36.3 Å². The van der Waals surface area contributed by atoms with Crippen LogP contribution in [-0.4, -0.2) is 36.9 Å². The lowest BCUT2D eigenvalue weighted by Crippen LogP contribution is -2.16. The Balaban J connectivity index is 1.66. The van der Waals surface area contributed by atoms with Gasteiger partial charge in [-0.3, -0.25) is 9.78 Å². The van der Waals surface area contributed by atoms with Crippen molar-refractivity contribution in [3.8, 4) is 11.1 Å². The molecular formula is C21H22N2O4S. The number of benzene rings is 1. The number of rotatable bonds is 7. The van der Waals surface area contributed by atoms with E-state index in [4.69, 9.17) is 4.74 Å². The molecule has 0 N–H and O–H groups in total. The van der Waals surface area contributed by atoms with Crippen LogP contribution in [-0.2, 0) is 21.6 Å². The highest BCUT2D eigenvalue weighted by Gasteiger charge is 2.22. The Morgan fingerprint density at radius 2 is 1.93 bits per heavy atom. The largest absolute Gasteiger partial charge is 0.380 e. The third-order valence-corrected chi connectivity index (χ3v) is 6.67. The van der Waals surface area contributed by atoms with E-state index in [-0.39, 0.29) is 22.8 Å². The second kappa shape index (κ2) is 7.48. The van der Waals surface area contributed by atoms with E-state index in [1.165, 1.54) is 23.6 Å². The normalized spacial score (nSPS) is 14.5. The summed E-state index contributed by atoms with van der Waals surface area (Å²) in [6, 6.07) is 8.92. The van der Waals surface area contributed by atoms with E-state index in [1.807, 2.05) is 18.2 Å². The van der Waals surface area contributed by atoms with Crippen molar-refractivity contribution in [1.29, 1.82) is 0 Å². The fourth-order valence-electron chi connectivity index (χ4n) is 3.20. The molecule has 2 aromatic heterocycles. The van der Waals surface area contributed by atoms with Gasteiger partial charge in [0.15, 0.2) is 9.84 Å². The molecule has 0 saturated heterocycles. The summed E-state index contributed by atoms with van der Waals surface area (Å²) >= 11 is 0. The van der Waals surface area contributed by atoms with Gasteiger partial charge in [0.2, 0.25) is 0 Å². The van der Waals surface area contributed by atoms with Crippen molar-refractivity contribution in [3.05, 3.63) is 59.3 Å². The summed E-state index contributed by atoms with van der Waals surface area (Å²) in [4.78, 5) is 16.7. The molecule has 0 radical (unpaired) electrons. The summed E-state index contributed by atoms with van der Waals surface area (Å²) in [6.45, 7) is 0.823. The molecule has 28 heavy (non-hydrogen) atoms. The van der Waals surface area contributed by atoms with E-state index < -0.39 is 9.84 Å². The van der Waals surface area contributed by atoms with Crippen LogP contribution in [0.15, 0.2) is 58.6 Å². The Bertz CT molecular complexity index is 1180. The molecule has 1 fully saturated rings. The van der Waals surface area contributed by atoms with Gasteiger partial charge in [0.05, 0.1) is 17.3 Å². The maximum atomic E-state index is 12.7. The quantitative estimate of drug-likeness (QED) is 0.572. The monoisotopic (exact) mass is 398 g/mol. The van der Waals surface area contributed by atoms with Crippen molar-refractivity contribution < 1.29 is 13.2 Å². The number of hydrogen-bond acceptors (Lipinski definition) is 5. The number of pyridine rings is 2. The molecule has 1 aliphatic rings. The summed E-state index contributed by atoms with van der Waals surface area (Å²) in [7, 11) is -1.81. The van der Waals surface area contributed by atoms with Crippen molar-refractivity contribution in [3.63, 3.8) is 0 Å². The molecule has 2 heterocycles. The molecule has 0 bridgehead atoms. The first kappa shape index (κ1) is 18.8. The Hall–Kier alpha value is -2.51. The highest BCUT2D eigenvalue weighted by Crippen LogP contribution is 2.29. The average molecular weight is 398 g/mol. The predicted molar refractivity (Wildman–Crippen MR) is 108 cm³/mol. The van der Waals surface area contributed by atoms with Crippen molar-refractivity contribution in [2.45, 2.75) is 17.7 Å². The van der Waals surface area contributed by atoms with Gasteiger partial charge in [-0.25, -0.2) is 8.42 Å². The van der Waals surface area contributed by atoms with Crippen LogP contribution < -0.4 is 5.56 Å². The van der Waals surface area contributed by atoms with Gasteiger partial charge in [-0.2, -0.15) is 0 Å². The molecule has 1 aliphatic carbocycles. The molecule has 0 spiro atoms. The van der Waals surface area contributed by atoms with Crippen molar-refractivity contribution >= 4 is 20.6 Å². The van der Waals surface area contributed by atoms with E-state index in [2.05, 4.69) is 4.98 Å². The summed E-state index contributed by atoms with van der Waals surface area (Å²) in [5.41, 5.74) is 1.34. The van der Waals surface area contributed by atoms with E-state index in [0.29, 0.717) is 23.5 Å². The zero-order valence-corrected chi connectivity index (χ0v) is 16.5. The van der Waals surface area contributed by atoms with Crippen LogP contribution in [0.25, 0.3) is 21.9 Å². The predicted octanol–water partition coefficient (Wildman–Crippen LogP) is 2.80. The lowest BCUT2D eigenvalue weighted by Gasteiger charge is -2.11. The maximum absolute atomic E-state index is 12.7. The smallest absolute Gasteiger partial charge is 0.258 e. The molecule has 146 valence electrons. The number of nitrogens with zero attached hydrogens (tertiary/aromatic N) is 2. The molecule has 6 nitrogen and oxygen atoms in total. The highest BCUT2D eigenvalue weighted by atomic mass is 32.2.